The topological polar surface area (TPSA) is 9.23 Å². The third-order valence-electron chi connectivity index (χ3n) is 1.20. The molecule has 0 atom stereocenters. The second kappa shape index (κ2) is 3.90. The molecule has 60 valence electrons. The van der Waals surface area contributed by atoms with Gasteiger partial charge in [-0.3, -0.25) is 0 Å². The van der Waals surface area contributed by atoms with Crippen molar-refractivity contribution in [3.05, 3.63) is 27.6 Å². The van der Waals surface area contributed by atoms with Gasteiger partial charge in [-0.25, -0.2) is 4.39 Å². The molecule has 0 amide bonds. The zero-order valence-electron chi connectivity index (χ0n) is 6.10. The van der Waals surface area contributed by atoms with Crippen LogP contribution < -0.4 is 4.74 Å². The third kappa shape index (κ3) is 2.32. The smallest absolute Gasteiger partial charge is 0.140 e. The van der Waals surface area contributed by atoms with Gasteiger partial charge in [0.1, 0.15) is 11.6 Å². The van der Waals surface area contributed by atoms with Crippen LogP contribution in [0.15, 0.2) is 18.2 Å². The molecule has 0 heterocycles. The van der Waals surface area contributed by atoms with Crippen LogP contribution in [0.4, 0.5) is 4.39 Å². The number of hydrogen-bond acceptors (Lipinski definition) is 1. The van der Waals surface area contributed by atoms with Crippen molar-refractivity contribution in [2.45, 2.75) is 6.92 Å². The van der Waals surface area contributed by atoms with Crippen LogP contribution in [0.3, 0.4) is 0 Å². The highest BCUT2D eigenvalue weighted by molar-refractivity contribution is 14.1. The van der Waals surface area contributed by atoms with Crippen molar-refractivity contribution in [3.63, 3.8) is 0 Å². The third-order valence-corrected chi connectivity index (χ3v) is 2.08. The number of hydrogen-bond donors (Lipinski definition) is 0. The average Bonchev–Trinajstić information content (AvgIpc) is 1.98. The van der Waals surface area contributed by atoms with E-state index in [0.717, 1.165) is 0 Å². The molecular formula is C8H8FIO. The summed E-state index contributed by atoms with van der Waals surface area (Å²) < 4.78 is 18.5. The van der Waals surface area contributed by atoms with Crippen molar-refractivity contribution >= 4 is 22.6 Å². The van der Waals surface area contributed by atoms with Gasteiger partial charge in [0.2, 0.25) is 0 Å². The molecule has 0 aliphatic carbocycles. The van der Waals surface area contributed by atoms with Crippen LogP contribution >= 0.6 is 22.6 Å². The highest BCUT2D eigenvalue weighted by Crippen LogP contribution is 2.17. The second-order valence-corrected chi connectivity index (χ2v) is 3.17. The lowest BCUT2D eigenvalue weighted by atomic mass is 10.3. The van der Waals surface area contributed by atoms with E-state index in [0.29, 0.717) is 15.9 Å². The number of benzene rings is 1. The van der Waals surface area contributed by atoms with E-state index >= 15 is 0 Å². The normalized spacial score (nSPS) is 9.73. The Morgan fingerprint density at radius 2 is 2.27 bits per heavy atom. The Morgan fingerprint density at radius 3 is 2.82 bits per heavy atom. The maximum Gasteiger partial charge on any atom is 0.140 e. The summed E-state index contributed by atoms with van der Waals surface area (Å²) in [5, 5.41) is 0. The zero-order chi connectivity index (χ0) is 8.27. The predicted molar refractivity (Wildman–Crippen MR) is 50.3 cm³/mol. The Bertz CT molecular complexity index is 250. The van der Waals surface area contributed by atoms with Crippen LogP contribution in [-0.4, -0.2) is 6.61 Å². The molecule has 0 fully saturated rings. The van der Waals surface area contributed by atoms with Crippen LogP contribution in [0.1, 0.15) is 6.92 Å². The second-order valence-electron chi connectivity index (χ2n) is 2.01. The van der Waals surface area contributed by atoms with Gasteiger partial charge in [0.15, 0.2) is 0 Å². The molecule has 11 heavy (non-hydrogen) atoms. The lowest BCUT2D eigenvalue weighted by Crippen LogP contribution is -1.92. The van der Waals surface area contributed by atoms with E-state index in [2.05, 4.69) is 0 Å². The van der Waals surface area contributed by atoms with Crippen LogP contribution in [0.5, 0.6) is 5.75 Å². The van der Waals surface area contributed by atoms with E-state index in [1.165, 1.54) is 6.07 Å². The summed E-state index contributed by atoms with van der Waals surface area (Å²) in [5.41, 5.74) is 0. The standard InChI is InChI=1S/C8H8FIO/c1-2-11-6-3-4-8(10)7(9)5-6/h3-5H,2H2,1H3. The lowest BCUT2D eigenvalue weighted by Gasteiger charge is -2.02. The van der Waals surface area contributed by atoms with Gasteiger partial charge in [0.25, 0.3) is 0 Å². The molecule has 0 bridgehead atoms. The van der Waals surface area contributed by atoms with E-state index < -0.39 is 0 Å². The average molecular weight is 266 g/mol. The van der Waals surface area contributed by atoms with Crippen molar-refractivity contribution in [1.29, 1.82) is 0 Å². The van der Waals surface area contributed by atoms with E-state index in [-0.39, 0.29) is 5.82 Å². The quantitative estimate of drug-likeness (QED) is 0.748. The van der Waals surface area contributed by atoms with E-state index in [4.69, 9.17) is 4.74 Å². The maximum atomic E-state index is 12.8. The minimum absolute atomic E-state index is 0.225. The molecule has 0 N–H and O–H groups in total. The van der Waals surface area contributed by atoms with Gasteiger partial charge in [0.05, 0.1) is 6.61 Å². The molecule has 0 saturated heterocycles. The molecule has 1 rings (SSSR count). The first-order valence-corrected chi connectivity index (χ1v) is 4.39. The maximum absolute atomic E-state index is 12.8. The molecule has 1 nitrogen and oxygen atoms in total. The Labute approximate surface area is 78.7 Å². The number of halogens is 2. The molecule has 0 unspecified atom stereocenters. The fourth-order valence-electron chi connectivity index (χ4n) is 0.733. The summed E-state index contributed by atoms with van der Waals surface area (Å²) in [7, 11) is 0. The molecule has 0 aliphatic heterocycles. The molecular weight excluding hydrogens is 258 g/mol. The Kier molecular flexibility index (Phi) is 3.11. The van der Waals surface area contributed by atoms with Gasteiger partial charge in [-0.1, -0.05) is 0 Å². The fraction of sp³-hybridized carbons (Fsp3) is 0.250. The van der Waals surface area contributed by atoms with Crippen LogP contribution in [0, 0.1) is 9.39 Å². The lowest BCUT2D eigenvalue weighted by molar-refractivity contribution is 0.338. The van der Waals surface area contributed by atoms with E-state index in [1.807, 2.05) is 29.5 Å². The van der Waals surface area contributed by atoms with Crippen molar-refractivity contribution in [3.8, 4) is 5.75 Å². The SMILES string of the molecule is CCOc1ccc(I)c(F)c1. The summed E-state index contributed by atoms with van der Waals surface area (Å²) in [6.45, 7) is 2.44. The first-order valence-electron chi connectivity index (χ1n) is 3.32. The van der Waals surface area contributed by atoms with Crippen molar-refractivity contribution in [1.82, 2.24) is 0 Å². The minimum Gasteiger partial charge on any atom is -0.494 e. The predicted octanol–water partition coefficient (Wildman–Crippen LogP) is 2.83. The fourth-order valence-corrected chi connectivity index (χ4v) is 1.07. The summed E-state index contributed by atoms with van der Waals surface area (Å²) in [6, 6.07) is 4.85. The molecule has 3 heteroatoms. The molecule has 1 aromatic carbocycles. The summed E-state index contributed by atoms with van der Waals surface area (Å²) >= 11 is 1.94. The van der Waals surface area contributed by atoms with Gasteiger partial charge < -0.3 is 4.74 Å². The first-order chi connectivity index (χ1) is 5.24. The van der Waals surface area contributed by atoms with Gasteiger partial charge in [-0.05, 0) is 41.6 Å². The van der Waals surface area contributed by atoms with Gasteiger partial charge in [0, 0.05) is 9.64 Å². The molecule has 0 spiro atoms. The van der Waals surface area contributed by atoms with E-state index in [1.54, 1.807) is 12.1 Å². The van der Waals surface area contributed by atoms with Crippen molar-refractivity contribution < 1.29 is 9.13 Å². The van der Waals surface area contributed by atoms with Crippen molar-refractivity contribution in [2.24, 2.45) is 0 Å². The van der Waals surface area contributed by atoms with Crippen molar-refractivity contribution in [2.75, 3.05) is 6.61 Å². The molecule has 0 saturated carbocycles. The number of rotatable bonds is 2. The Balaban J connectivity index is 2.86. The number of ether oxygens (including phenoxy) is 1. The Morgan fingerprint density at radius 1 is 1.55 bits per heavy atom. The first kappa shape index (κ1) is 8.77. The highest BCUT2D eigenvalue weighted by Gasteiger charge is 1.99. The molecule has 0 radical (unpaired) electrons. The van der Waals surface area contributed by atoms with Crippen LogP contribution in [0.2, 0.25) is 0 Å². The van der Waals surface area contributed by atoms with E-state index in [9.17, 15) is 4.39 Å². The van der Waals surface area contributed by atoms with Crippen LogP contribution in [0.25, 0.3) is 0 Å². The molecule has 1 aromatic rings. The summed E-state index contributed by atoms with van der Waals surface area (Å²) in [5.74, 6) is 0.363. The minimum atomic E-state index is -0.225. The monoisotopic (exact) mass is 266 g/mol. The largest absolute Gasteiger partial charge is 0.494 e. The summed E-state index contributed by atoms with van der Waals surface area (Å²) in [4.78, 5) is 0. The van der Waals surface area contributed by atoms with Gasteiger partial charge >= 0.3 is 0 Å². The van der Waals surface area contributed by atoms with Gasteiger partial charge in [-0.15, -0.1) is 0 Å². The Hall–Kier alpha value is -0.320. The zero-order valence-corrected chi connectivity index (χ0v) is 8.26. The molecule has 0 aromatic heterocycles. The summed E-state index contributed by atoms with van der Waals surface area (Å²) in [6.07, 6.45) is 0. The van der Waals surface area contributed by atoms with Gasteiger partial charge in [-0.2, -0.15) is 0 Å². The molecule has 0 aliphatic rings. The van der Waals surface area contributed by atoms with Crippen LogP contribution in [-0.2, 0) is 0 Å². The highest BCUT2D eigenvalue weighted by atomic mass is 127.